The molecule has 0 radical (unpaired) electrons. The predicted octanol–water partition coefficient (Wildman–Crippen LogP) is 5.02. The number of allylic oxidation sites excluding steroid dienone is 1. The van der Waals surface area contributed by atoms with E-state index in [9.17, 15) is 4.79 Å². The van der Waals surface area contributed by atoms with Crippen molar-refractivity contribution in [2.24, 2.45) is 0 Å². The number of nitriles is 1. The van der Waals surface area contributed by atoms with Crippen LogP contribution in [0.15, 0.2) is 36.9 Å². The van der Waals surface area contributed by atoms with E-state index in [1.54, 1.807) is 24.3 Å². The Labute approximate surface area is 133 Å². The Bertz CT molecular complexity index is 485. The topological polar surface area (TPSA) is 50.1 Å². The van der Waals surface area contributed by atoms with Crippen molar-refractivity contribution in [2.75, 3.05) is 6.61 Å². The molecule has 1 rings (SSSR count). The zero-order valence-corrected chi connectivity index (χ0v) is 13.2. The van der Waals surface area contributed by atoms with E-state index in [1.807, 2.05) is 12.1 Å². The smallest absolute Gasteiger partial charge is 0.338 e. The van der Waals surface area contributed by atoms with Crippen molar-refractivity contribution in [1.29, 1.82) is 5.26 Å². The Morgan fingerprint density at radius 1 is 1.05 bits per heavy atom. The lowest BCUT2D eigenvalue weighted by Crippen LogP contribution is -2.06. The number of benzene rings is 1. The molecule has 3 heteroatoms. The molecule has 0 amide bonds. The van der Waals surface area contributed by atoms with Crippen molar-refractivity contribution >= 4 is 5.97 Å². The Morgan fingerprint density at radius 3 is 2.23 bits per heavy atom. The standard InChI is InChI=1S/C19H25NO2/c1-2-3-4-5-6-7-8-9-10-15-22-19(21)18-13-11-17(16-20)12-14-18/h2,11-14H,1,3-10,15H2. The molecule has 0 fully saturated rings. The Hall–Kier alpha value is -2.08. The predicted molar refractivity (Wildman–Crippen MR) is 88.6 cm³/mol. The van der Waals surface area contributed by atoms with Crippen LogP contribution in [0.2, 0.25) is 0 Å². The summed E-state index contributed by atoms with van der Waals surface area (Å²) in [4.78, 5) is 11.8. The number of carbonyl (C=O) groups excluding carboxylic acids is 1. The first kappa shape index (κ1) is 18.0. The van der Waals surface area contributed by atoms with Gasteiger partial charge in [-0.2, -0.15) is 5.26 Å². The van der Waals surface area contributed by atoms with Gasteiger partial charge in [-0.3, -0.25) is 0 Å². The molecule has 0 atom stereocenters. The molecule has 1 aromatic carbocycles. The number of carbonyl (C=O) groups is 1. The van der Waals surface area contributed by atoms with Gasteiger partial charge in [-0.05, 0) is 43.5 Å². The number of hydrogen-bond acceptors (Lipinski definition) is 3. The van der Waals surface area contributed by atoms with Gasteiger partial charge in [0.1, 0.15) is 0 Å². The van der Waals surface area contributed by atoms with Crippen LogP contribution in [0.3, 0.4) is 0 Å². The molecular weight excluding hydrogens is 274 g/mol. The summed E-state index contributed by atoms with van der Waals surface area (Å²) >= 11 is 0. The van der Waals surface area contributed by atoms with Crippen molar-refractivity contribution in [3.05, 3.63) is 48.0 Å². The fraction of sp³-hybridized carbons (Fsp3) is 0.474. The SMILES string of the molecule is C=CCCCCCCCCCOC(=O)c1ccc(C#N)cc1. The summed E-state index contributed by atoms with van der Waals surface area (Å²) in [5.41, 5.74) is 1.05. The third kappa shape index (κ3) is 7.64. The van der Waals surface area contributed by atoms with Crippen molar-refractivity contribution in [1.82, 2.24) is 0 Å². The van der Waals surface area contributed by atoms with E-state index in [0.717, 1.165) is 19.3 Å². The third-order valence-corrected chi connectivity index (χ3v) is 3.54. The van der Waals surface area contributed by atoms with Crippen molar-refractivity contribution in [3.63, 3.8) is 0 Å². The molecule has 0 N–H and O–H groups in total. The van der Waals surface area contributed by atoms with E-state index in [-0.39, 0.29) is 5.97 Å². The van der Waals surface area contributed by atoms with Gasteiger partial charge in [0.25, 0.3) is 0 Å². The van der Waals surface area contributed by atoms with Crippen LogP contribution in [-0.4, -0.2) is 12.6 Å². The maximum absolute atomic E-state index is 11.8. The van der Waals surface area contributed by atoms with E-state index in [1.165, 1.54) is 32.1 Å². The van der Waals surface area contributed by atoms with E-state index >= 15 is 0 Å². The number of hydrogen-bond donors (Lipinski definition) is 0. The summed E-state index contributed by atoms with van der Waals surface area (Å²) in [5, 5.41) is 8.70. The van der Waals surface area contributed by atoms with Crippen LogP contribution >= 0.6 is 0 Å². The number of ether oxygens (including phenoxy) is 1. The first-order valence-electron chi connectivity index (χ1n) is 8.06. The van der Waals surface area contributed by atoms with Gasteiger partial charge in [0.2, 0.25) is 0 Å². The molecule has 0 bridgehead atoms. The number of unbranched alkanes of at least 4 members (excludes halogenated alkanes) is 7. The van der Waals surface area contributed by atoms with Crippen LogP contribution in [0.4, 0.5) is 0 Å². The minimum Gasteiger partial charge on any atom is -0.462 e. The lowest BCUT2D eigenvalue weighted by atomic mass is 10.1. The quantitative estimate of drug-likeness (QED) is 0.327. The molecule has 0 saturated heterocycles. The third-order valence-electron chi connectivity index (χ3n) is 3.54. The molecule has 0 aliphatic rings. The van der Waals surface area contributed by atoms with Gasteiger partial charge < -0.3 is 4.74 Å². The highest BCUT2D eigenvalue weighted by molar-refractivity contribution is 5.89. The summed E-state index contributed by atoms with van der Waals surface area (Å²) in [7, 11) is 0. The van der Waals surface area contributed by atoms with Crippen LogP contribution in [0.25, 0.3) is 0 Å². The molecule has 3 nitrogen and oxygen atoms in total. The number of nitrogens with zero attached hydrogens (tertiary/aromatic N) is 1. The molecule has 0 unspecified atom stereocenters. The maximum atomic E-state index is 11.8. The first-order valence-corrected chi connectivity index (χ1v) is 8.06. The highest BCUT2D eigenvalue weighted by Gasteiger charge is 2.06. The van der Waals surface area contributed by atoms with E-state index < -0.39 is 0 Å². The molecule has 1 aromatic rings. The van der Waals surface area contributed by atoms with Crippen molar-refractivity contribution in [2.45, 2.75) is 51.4 Å². The molecular formula is C19H25NO2. The van der Waals surface area contributed by atoms with E-state index in [0.29, 0.717) is 17.7 Å². The highest BCUT2D eigenvalue weighted by Crippen LogP contribution is 2.10. The lowest BCUT2D eigenvalue weighted by molar-refractivity contribution is 0.0497. The van der Waals surface area contributed by atoms with Gasteiger partial charge in [0.05, 0.1) is 23.8 Å². The molecule has 118 valence electrons. The van der Waals surface area contributed by atoms with Gasteiger partial charge in [0, 0.05) is 0 Å². The molecule has 0 spiro atoms. The summed E-state index contributed by atoms with van der Waals surface area (Å²) in [6, 6.07) is 8.54. The fourth-order valence-electron chi connectivity index (χ4n) is 2.20. The van der Waals surface area contributed by atoms with Gasteiger partial charge in [0.15, 0.2) is 0 Å². The summed E-state index contributed by atoms with van der Waals surface area (Å²) in [6.07, 6.45) is 11.3. The van der Waals surface area contributed by atoms with Crippen LogP contribution in [0.1, 0.15) is 67.3 Å². The molecule has 22 heavy (non-hydrogen) atoms. The molecule has 0 heterocycles. The number of rotatable bonds is 11. The van der Waals surface area contributed by atoms with Gasteiger partial charge in [-0.25, -0.2) is 4.79 Å². The average Bonchev–Trinajstić information content (AvgIpc) is 2.56. The van der Waals surface area contributed by atoms with Gasteiger partial charge >= 0.3 is 5.97 Å². The molecule has 0 aliphatic heterocycles. The van der Waals surface area contributed by atoms with Crippen LogP contribution < -0.4 is 0 Å². The van der Waals surface area contributed by atoms with Crippen LogP contribution in [0.5, 0.6) is 0 Å². The molecule has 0 saturated carbocycles. The summed E-state index contributed by atoms with van der Waals surface area (Å²) < 4.78 is 5.23. The Morgan fingerprint density at radius 2 is 1.64 bits per heavy atom. The zero-order valence-electron chi connectivity index (χ0n) is 13.2. The largest absolute Gasteiger partial charge is 0.462 e. The minimum absolute atomic E-state index is 0.311. The van der Waals surface area contributed by atoms with E-state index in [2.05, 4.69) is 6.58 Å². The van der Waals surface area contributed by atoms with Crippen molar-refractivity contribution < 1.29 is 9.53 Å². The second-order valence-corrected chi connectivity index (χ2v) is 5.38. The van der Waals surface area contributed by atoms with Crippen molar-refractivity contribution in [3.8, 4) is 6.07 Å². The normalized spacial score (nSPS) is 9.95. The van der Waals surface area contributed by atoms with Crippen LogP contribution in [-0.2, 0) is 4.74 Å². The average molecular weight is 299 g/mol. The van der Waals surface area contributed by atoms with Gasteiger partial charge in [-0.1, -0.05) is 38.2 Å². The van der Waals surface area contributed by atoms with E-state index in [4.69, 9.17) is 10.00 Å². The Balaban J connectivity index is 2.03. The first-order chi connectivity index (χ1) is 10.8. The molecule has 0 aliphatic carbocycles. The summed E-state index contributed by atoms with van der Waals surface area (Å²) in [5.74, 6) is -0.311. The maximum Gasteiger partial charge on any atom is 0.338 e. The Kier molecular flexibility index (Phi) is 9.45. The zero-order chi connectivity index (χ0) is 16.0. The van der Waals surface area contributed by atoms with Crippen LogP contribution in [0, 0.1) is 11.3 Å². The van der Waals surface area contributed by atoms with Gasteiger partial charge in [-0.15, -0.1) is 6.58 Å². The number of esters is 1. The summed E-state index contributed by atoms with van der Waals surface area (Å²) in [6.45, 7) is 4.18. The minimum atomic E-state index is -0.311. The monoisotopic (exact) mass is 299 g/mol. The highest BCUT2D eigenvalue weighted by atomic mass is 16.5. The fourth-order valence-corrected chi connectivity index (χ4v) is 2.20. The second kappa shape index (κ2) is 11.6. The lowest BCUT2D eigenvalue weighted by Gasteiger charge is -2.05. The second-order valence-electron chi connectivity index (χ2n) is 5.38. The molecule has 0 aromatic heterocycles.